The summed E-state index contributed by atoms with van der Waals surface area (Å²) in [6.07, 6.45) is 1.31. The van der Waals surface area contributed by atoms with Gasteiger partial charge in [-0.2, -0.15) is 26.8 Å². The van der Waals surface area contributed by atoms with Gasteiger partial charge in [-0.3, -0.25) is 9.11 Å². The Morgan fingerprint density at radius 1 is 1.00 bits per heavy atom. The number of aromatic nitrogens is 3. The van der Waals surface area contributed by atoms with Crippen molar-refractivity contribution in [1.82, 2.24) is 15.0 Å². The van der Waals surface area contributed by atoms with Gasteiger partial charge >= 0.3 is 0 Å². The molecule has 0 saturated carbocycles. The van der Waals surface area contributed by atoms with Crippen LogP contribution in [0.15, 0.2) is 28.0 Å². The van der Waals surface area contributed by atoms with Crippen LogP contribution >= 0.6 is 0 Å². The lowest BCUT2D eigenvalue weighted by Gasteiger charge is -2.27. The van der Waals surface area contributed by atoms with Gasteiger partial charge in [0.25, 0.3) is 20.2 Å². The maximum Gasteiger partial charge on any atom is 0.294 e. The van der Waals surface area contributed by atoms with Gasteiger partial charge in [-0.1, -0.05) is 13.0 Å². The van der Waals surface area contributed by atoms with E-state index in [2.05, 4.69) is 15.0 Å². The lowest BCUT2D eigenvalue weighted by atomic mass is 10.1. The molecule has 30 heavy (non-hydrogen) atoms. The van der Waals surface area contributed by atoms with Gasteiger partial charge in [0, 0.05) is 25.9 Å². The minimum absolute atomic E-state index is 0.0859. The lowest BCUT2D eigenvalue weighted by Crippen LogP contribution is -2.37. The predicted octanol–water partition coefficient (Wildman–Crippen LogP) is 0.745. The van der Waals surface area contributed by atoms with Crippen LogP contribution in [0.3, 0.4) is 0 Å². The average Bonchev–Trinajstić information content (AvgIpc) is 2.67. The highest BCUT2D eigenvalue weighted by atomic mass is 32.2. The number of anilines is 1. The van der Waals surface area contributed by atoms with E-state index in [1.54, 1.807) is 0 Å². The third kappa shape index (κ3) is 5.49. The first kappa shape index (κ1) is 22.5. The van der Waals surface area contributed by atoms with Crippen LogP contribution in [0.4, 0.5) is 5.95 Å². The van der Waals surface area contributed by atoms with E-state index in [0.717, 1.165) is 12.5 Å². The summed E-state index contributed by atoms with van der Waals surface area (Å²) in [6.45, 7) is 4.26. The Morgan fingerprint density at radius 2 is 1.67 bits per heavy atom. The number of morpholine rings is 1. The molecule has 2 aromatic rings. The zero-order valence-corrected chi connectivity index (χ0v) is 17.9. The van der Waals surface area contributed by atoms with E-state index >= 15 is 0 Å². The number of aryl methyl sites for hydroxylation is 1. The molecule has 1 aromatic carbocycles. The molecular formula is C17H22N4O7S2. The molecule has 2 N–H and O–H groups in total. The van der Waals surface area contributed by atoms with Crippen molar-refractivity contribution in [2.24, 2.45) is 0 Å². The molecule has 1 aliphatic heterocycles. The van der Waals surface area contributed by atoms with Crippen LogP contribution in [0.5, 0.6) is 0 Å². The summed E-state index contributed by atoms with van der Waals surface area (Å²) in [5.74, 6) is 1.28. The molecule has 0 spiro atoms. The molecular weight excluding hydrogens is 436 g/mol. The second-order valence-electron chi connectivity index (χ2n) is 6.71. The second-order valence-corrected chi connectivity index (χ2v) is 9.53. The second kappa shape index (κ2) is 8.89. The quantitative estimate of drug-likeness (QED) is 0.563. The molecule has 0 bridgehead atoms. The highest BCUT2D eigenvalue weighted by molar-refractivity contribution is 7.86. The summed E-state index contributed by atoms with van der Waals surface area (Å²) in [5, 5.41) is 0. The van der Waals surface area contributed by atoms with Crippen LogP contribution < -0.4 is 4.90 Å². The normalized spacial score (nSPS) is 15.4. The van der Waals surface area contributed by atoms with Crippen molar-refractivity contribution in [3.8, 4) is 0 Å². The van der Waals surface area contributed by atoms with Crippen molar-refractivity contribution in [3.05, 3.63) is 35.4 Å². The van der Waals surface area contributed by atoms with Crippen LogP contribution in [0.1, 0.15) is 30.6 Å². The first-order chi connectivity index (χ1) is 14.1. The predicted molar refractivity (Wildman–Crippen MR) is 106 cm³/mol. The largest absolute Gasteiger partial charge is 0.378 e. The maximum absolute atomic E-state index is 11.8. The van der Waals surface area contributed by atoms with Gasteiger partial charge in [-0.05, 0) is 24.1 Å². The van der Waals surface area contributed by atoms with E-state index in [4.69, 9.17) is 4.74 Å². The molecule has 0 aliphatic carbocycles. The van der Waals surface area contributed by atoms with Crippen molar-refractivity contribution < 1.29 is 30.7 Å². The molecule has 164 valence electrons. The summed E-state index contributed by atoms with van der Waals surface area (Å²) < 4.78 is 70.4. The van der Waals surface area contributed by atoms with Crippen LogP contribution in [-0.4, -0.2) is 67.2 Å². The number of ether oxygens (including phenoxy) is 1. The molecule has 11 nitrogen and oxygen atoms in total. The first-order valence-corrected chi connectivity index (χ1v) is 12.1. The van der Waals surface area contributed by atoms with Crippen molar-refractivity contribution >= 4 is 26.2 Å². The topological polar surface area (TPSA) is 160 Å². The van der Waals surface area contributed by atoms with Crippen LogP contribution in [0, 0.1) is 0 Å². The Kier molecular flexibility index (Phi) is 6.67. The lowest BCUT2D eigenvalue weighted by molar-refractivity contribution is 0.122. The van der Waals surface area contributed by atoms with Gasteiger partial charge in [-0.15, -0.1) is 0 Å². The standard InChI is InChI=1S/C17H22N4O7S2/c1-2-3-15-18-16(20-17(19-15)21-6-8-28-9-7-21)10-12-4-5-13(29(22,23)24)11-14(12)30(25,26)27/h4-5,11H,2-3,6-10H2,1H3,(H,22,23,24)(H,25,26,27). The monoisotopic (exact) mass is 458 g/mol. The smallest absolute Gasteiger partial charge is 0.294 e. The number of hydrogen-bond acceptors (Lipinski definition) is 9. The number of nitrogens with zero attached hydrogens (tertiary/aromatic N) is 4. The Balaban J connectivity index is 2.03. The fourth-order valence-corrected chi connectivity index (χ4v) is 4.35. The minimum Gasteiger partial charge on any atom is -0.378 e. The van der Waals surface area contributed by atoms with Gasteiger partial charge < -0.3 is 9.64 Å². The summed E-state index contributed by atoms with van der Waals surface area (Å²) in [4.78, 5) is 14.0. The summed E-state index contributed by atoms with van der Waals surface area (Å²) >= 11 is 0. The first-order valence-electron chi connectivity index (χ1n) is 9.22. The van der Waals surface area contributed by atoms with Gasteiger partial charge in [0.2, 0.25) is 5.95 Å². The Morgan fingerprint density at radius 3 is 2.27 bits per heavy atom. The Labute approximate surface area is 174 Å². The van der Waals surface area contributed by atoms with E-state index in [-0.39, 0.29) is 17.8 Å². The molecule has 1 saturated heterocycles. The molecule has 1 aromatic heterocycles. The Hall–Kier alpha value is -2.19. The molecule has 0 radical (unpaired) electrons. The Bertz CT molecular complexity index is 1130. The highest BCUT2D eigenvalue weighted by Gasteiger charge is 2.22. The van der Waals surface area contributed by atoms with Crippen LogP contribution in [0.2, 0.25) is 0 Å². The maximum atomic E-state index is 11.8. The third-order valence-corrected chi connectivity index (χ3v) is 6.23. The summed E-state index contributed by atoms with van der Waals surface area (Å²) in [7, 11) is -9.41. The molecule has 0 unspecified atom stereocenters. The molecule has 1 aliphatic rings. The molecule has 0 amide bonds. The van der Waals surface area contributed by atoms with Gasteiger partial charge in [0.05, 0.1) is 23.0 Å². The number of benzene rings is 1. The van der Waals surface area contributed by atoms with Crippen molar-refractivity contribution in [1.29, 1.82) is 0 Å². The van der Waals surface area contributed by atoms with E-state index in [1.807, 2.05) is 11.8 Å². The van der Waals surface area contributed by atoms with E-state index in [0.29, 0.717) is 50.6 Å². The molecule has 1 fully saturated rings. The van der Waals surface area contributed by atoms with Gasteiger partial charge in [0.15, 0.2) is 0 Å². The number of hydrogen-bond donors (Lipinski definition) is 2. The minimum atomic E-state index is -4.76. The van der Waals surface area contributed by atoms with E-state index in [1.165, 1.54) is 6.07 Å². The van der Waals surface area contributed by atoms with Crippen molar-refractivity contribution in [2.75, 3.05) is 31.2 Å². The summed E-state index contributed by atoms with van der Waals surface area (Å²) in [5.41, 5.74) is 0.0893. The van der Waals surface area contributed by atoms with E-state index in [9.17, 15) is 25.9 Å². The molecule has 2 heterocycles. The van der Waals surface area contributed by atoms with Crippen LogP contribution in [0.25, 0.3) is 0 Å². The third-order valence-electron chi connectivity index (χ3n) is 4.45. The van der Waals surface area contributed by atoms with Crippen LogP contribution in [-0.2, 0) is 37.8 Å². The zero-order chi connectivity index (χ0) is 21.9. The SMILES string of the molecule is CCCc1nc(Cc2ccc(S(=O)(=O)O)cc2S(=O)(=O)O)nc(N2CCOCC2)n1. The fraction of sp³-hybridized carbons (Fsp3) is 0.471. The van der Waals surface area contributed by atoms with E-state index < -0.39 is 30.0 Å². The fourth-order valence-electron chi connectivity index (χ4n) is 3.03. The molecule has 13 heteroatoms. The van der Waals surface area contributed by atoms with Crippen molar-refractivity contribution in [2.45, 2.75) is 36.0 Å². The highest BCUT2D eigenvalue weighted by Crippen LogP contribution is 2.23. The zero-order valence-electron chi connectivity index (χ0n) is 16.2. The molecule has 3 rings (SSSR count). The average molecular weight is 459 g/mol. The van der Waals surface area contributed by atoms with Crippen molar-refractivity contribution in [3.63, 3.8) is 0 Å². The number of rotatable bonds is 7. The van der Waals surface area contributed by atoms with Gasteiger partial charge in [0.1, 0.15) is 11.6 Å². The van der Waals surface area contributed by atoms with Gasteiger partial charge in [-0.25, -0.2) is 4.98 Å². The molecule has 0 atom stereocenters. The summed E-state index contributed by atoms with van der Waals surface area (Å²) in [6, 6.07) is 2.96.